The van der Waals surface area contributed by atoms with Crippen LogP contribution in [-0.2, 0) is 0 Å². The molecular formula is C13H13ClF3N3O. The van der Waals surface area contributed by atoms with Crippen LogP contribution >= 0.6 is 11.6 Å². The molecule has 0 saturated heterocycles. The summed E-state index contributed by atoms with van der Waals surface area (Å²) in [5, 5.41) is 0.0953. The second-order valence-electron chi connectivity index (χ2n) is 4.27. The van der Waals surface area contributed by atoms with Crippen LogP contribution in [0.5, 0.6) is 0 Å². The topological polar surface area (TPSA) is 68.3 Å². The lowest BCUT2D eigenvalue weighted by molar-refractivity contribution is -0.118. The highest BCUT2D eigenvalue weighted by Gasteiger charge is 2.26. The van der Waals surface area contributed by atoms with Gasteiger partial charge in [0.2, 0.25) is 0 Å². The van der Waals surface area contributed by atoms with Gasteiger partial charge in [-0.15, -0.1) is 0 Å². The number of carbonyl (C=O) groups is 1. The van der Waals surface area contributed by atoms with Crippen molar-refractivity contribution >= 4 is 29.2 Å². The van der Waals surface area contributed by atoms with E-state index < -0.39 is 12.7 Å². The van der Waals surface area contributed by atoms with E-state index in [4.69, 9.17) is 17.3 Å². The zero-order valence-corrected chi connectivity index (χ0v) is 12.1. The average molecular weight is 320 g/mol. The molecule has 1 heterocycles. The molecule has 1 rings (SSSR count). The molecule has 0 aliphatic carbocycles. The minimum absolute atomic E-state index is 0.0953. The molecule has 0 atom stereocenters. The van der Waals surface area contributed by atoms with E-state index in [0.717, 1.165) is 6.21 Å². The Balaban J connectivity index is 3.29. The highest BCUT2D eigenvalue weighted by Crippen LogP contribution is 2.21. The van der Waals surface area contributed by atoms with Crippen LogP contribution in [0, 0.1) is 0 Å². The summed E-state index contributed by atoms with van der Waals surface area (Å²) in [7, 11) is 0. The Labute approximate surface area is 124 Å². The van der Waals surface area contributed by atoms with E-state index in [0.29, 0.717) is 0 Å². The van der Waals surface area contributed by atoms with Crippen molar-refractivity contribution in [3.63, 3.8) is 0 Å². The van der Waals surface area contributed by atoms with Crippen LogP contribution in [0.3, 0.4) is 0 Å². The molecule has 0 unspecified atom stereocenters. The largest absolute Gasteiger partial charge is 0.407 e. The molecule has 0 fully saturated rings. The first kappa shape index (κ1) is 17.2. The van der Waals surface area contributed by atoms with Gasteiger partial charge in [0.05, 0.1) is 5.69 Å². The van der Waals surface area contributed by atoms with Gasteiger partial charge in [-0.2, -0.15) is 13.2 Å². The first-order chi connectivity index (χ1) is 9.61. The van der Waals surface area contributed by atoms with Crippen LogP contribution in [0.4, 0.5) is 13.2 Å². The predicted octanol–water partition coefficient (Wildman–Crippen LogP) is 3.26. The number of halogens is 4. The first-order valence-corrected chi connectivity index (χ1v) is 6.20. The number of allylic oxidation sites excluding steroid dienone is 2. The highest BCUT2D eigenvalue weighted by atomic mass is 35.5. The standard InChI is InChI=1S/C13H13ClF3N3O/c1-7(18)10(5-19-6-13(15,16)17)12-9(8(2)21)3-4-11(14)20-12/h3-5H,6,18H2,1-2H3. The van der Waals surface area contributed by atoms with Crippen LogP contribution in [0.15, 0.2) is 22.8 Å². The molecule has 114 valence electrons. The number of aromatic nitrogens is 1. The highest BCUT2D eigenvalue weighted by molar-refractivity contribution is 6.29. The van der Waals surface area contributed by atoms with Gasteiger partial charge >= 0.3 is 6.18 Å². The molecule has 0 aliphatic heterocycles. The number of aliphatic imine (C=N–C) groups is 1. The van der Waals surface area contributed by atoms with E-state index in [9.17, 15) is 18.0 Å². The van der Waals surface area contributed by atoms with Crippen LogP contribution in [-0.4, -0.2) is 29.7 Å². The maximum absolute atomic E-state index is 12.1. The van der Waals surface area contributed by atoms with Gasteiger partial charge in [-0.3, -0.25) is 9.79 Å². The third-order valence-electron chi connectivity index (χ3n) is 2.41. The third-order valence-corrected chi connectivity index (χ3v) is 2.62. The summed E-state index contributed by atoms with van der Waals surface area (Å²) in [5.41, 5.74) is 6.28. The Hall–Kier alpha value is -1.89. The summed E-state index contributed by atoms with van der Waals surface area (Å²) in [6.07, 6.45) is -3.47. The fraction of sp³-hybridized carbons (Fsp3) is 0.308. The van der Waals surface area contributed by atoms with E-state index in [1.807, 2.05) is 0 Å². The van der Waals surface area contributed by atoms with Gasteiger partial charge in [0.25, 0.3) is 0 Å². The van der Waals surface area contributed by atoms with Crippen molar-refractivity contribution in [1.82, 2.24) is 4.98 Å². The van der Waals surface area contributed by atoms with Gasteiger partial charge in [-0.05, 0) is 26.0 Å². The summed E-state index contributed by atoms with van der Waals surface area (Å²) < 4.78 is 36.4. The summed E-state index contributed by atoms with van der Waals surface area (Å²) in [6, 6.07) is 2.85. The molecule has 0 spiro atoms. The van der Waals surface area contributed by atoms with Crippen molar-refractivity contribution in [2.45, 2.75) is 20.0 Å². The predicted molar refractivity (Wildman–Crippen MR) is 75.4 cm³/mol. The van der Waals surface area contributed by atoms with Crippen molar-refractivity contribution in [3.05, 3.63) is 34.2 Å². The van der Waals surface area contributed by atoms with Crippen molar-refractivity contribution in [2.24, 2.45) is 10.7 Å². The molecule has 2 N–H and O–H groups in total. The zero-order chi connectivity index (χ0) is 16.2. The molecule has 0 aliphatic rings. The summed E-state index contributed by atoms with van der Waals surface area (Å²) in [4.78, 5) is 18.8. The lowest BCUT2D eigenvalue weighted by atomic mass is 10.0. The normalized spacial score (nSPS) is 13.4. The number of alkyl halides is 3. The first-order valence-electron chi connectivity index (χ1n) is 5.82. The van der Waals surface area contributed by atoms with E-state index in [1.165, 1.54) is 26.0 Å². The van der Waals surface area contributed by atoms with E-state index >= 15 is 0 Å². The van der Waals surface area contributed by atoms with E-state index in [2.05, 4.69) is 9.98 Å². The van der Waals surface area contributed by atoms with Crippen LogP contribution in [0.1, 0.15) is 29.9 Å². The molecular weight excluding hydrogens is 307 g/mol. The Morgan fingerprint density at radius 3 is 2.52 bits per heavy atom. The van der Waals surface area contributed by atoms with Gasteiger partial charge in [0.15, 0.2) is 5.78 Å². The summed E-state index contributed by atoms with van der Waals surface area (Å²) >= 11 is 5.77. The number of rotatable bonds is 4. The van der Waals surface area contributed by atoms with Gasteiger partial charge in [-0.25, -0.2) is 4.98 Å². The number of carbonyl (C=O) groups excluding carboxylic acids is 1. The second-order valence-corrected chi connectivity index (χ2v) is 4.66. The fourth-order valence-corrected chi connectivity index (χ4v) is 1.66. The number of nitrogens with two attached hydrogens (primary N) is 1. The van der Waals surface area contributed by atoms with Gasteiger partial charge in [0.1, 0.15) is 11.7 Å². The van der Waals surface area contributed by atoms with Crippen molar-refractivity contribution in [3.8, 4) is 0 Å². The molecule has 8 heteroatoms. The number of hydrogen-bond donors (Lipinski definition) is 1. The van der Waals surface area contributed by atoms with Crippen LogP contribution in [0.25, 0.3) is 5.57 Å². The molecule has 1 aromatic heterocycles. The maximum atomic E-state index is 12.1. The molecule has 0 aromatic carbocycles. The average Bonchev–Trinajstić information content (AvgIpc) is 2.32. The van der Waals surface area contributed by atoms with Gasteiger partial charge < -0.3 is 5.73 Å². The van der Waals surface area contributed by atoms with E-state index in [-0.39, 0.29) is 33.5 Å². The third kappa shape index (κ3) is 5.18. The minimum atomic E-state index is -4.42. The SMILES string of the molecule is CC(=O)c1ccc(Cl)nc1C(C=NCC(F)(F)F)=C(C)N. The molecule has 21 heavy (non-hydrogen) atoms. The van der Waals surface area contributed by atoms with Gasteiger partial charge in [-0.1, -0.05) is 11.6 Å². The number of nitrogens with zero attached hydrogens (tertiary/aromatic N) is 2. The van der Waals surface area contributed by atoms with Crippen LogP contribution < -0.4 is 5.73 Å². The van der Waals surface area contributed by atoms with Crippen molar-refractivity contribution < 1.29 is 18.0 Å². The Kier molecular flexibility index (Phi) is 5.48. The Morgan fingerprint density at radius 1 is 1.43 bits per heavy atom. The second kappa shape index (κ2) is 6.71. The van der Waals surface area contributed by atoms with E-state index in [1.54, 1.807) is 0 Å². The number of ketones is 1. The zero-order valence-electron chi connectivity index (χ0n) is 11.3. The Bertz CT molecular complexity index is 605. The quantitative estimate of drug-likeness (QED) is 0.526. The lowest BCUT2D eigenvalue weighted by Crippen LogP contribution is -2.13. The fourth-order valence-electron chi connectivity index (χ4n) is 1.51. The van der Waals surface area contributed by atoms with Crippen molar-refractivity contribution in [1.29, 1.82) is 0 Å². The van der Waals surface area contributed by atoms with Gasteiger partial charge in [0, 0.05) is 23.0 Å². The molecule has 0 bridgehead atoms. The van der Waals surface area contributed by atoms with Crippen molar-refractivity contribution in [2.75, 3.05) is 6.54 Å². The lowest BCUT2D eigenvalue weighted by Gasteiger charge is -2.09. The summed E-state index contributed by atoms with van der Waals surface area (Å²) in [5.74, 6) is -0.308. The summed E-state index contributed by atoms with van der Waals surface area (Å²) in [6.45, 7) is 1.44. The number of hydrogen-bond acceptors (Lipinski definition) is 4. The van der Waals surface area contributed by atoms with Crippen LogP contribution in [0.2, 0.25) is 5.15 Å². The monoisotopic (exact) mass is 319 g/mol. The smallest absolute Gasteiger partial charge is 0.402 e. The minimum Gasteiger partial charge on any atom is -0.402 e. The number of Topliss-reactive ketones (excluding diaryl/α,β-unsaturated/α-hetero) is 1. The molecule has 0 amide bonds. The molecule has 0 radical (unpaired) electrons. The number of pyridine rings is 1. The molecule has 4 nitrogen and oxygen atoms in total. The molecule has 1 aromatic rings. The maximum Gasteiger partial charge on any atom is 0.407 e. The Morgan fingerprint density at radius 2 is 2.05 bits per heavy atom. The molecule has 0 saturated carbocycles.